The van der Waals surface area contributed by atoms with Crippen LogP contribution in [0.1, 0.15) is 17.0 Å². The van der Waals surface area contributed by atoms with E-state index >= 15 is 0 Å². The van der Waals surface area contributed by atoms with Crippen molar-refractivity contribution >= 4 is 45.2 Å². The quantitative estimate of drug-likeness (QED) is 0.493. The number of para-hydroxylation sites is 1. The lowest BCUT2D eigenvalue weighted by Crippen LogP contribution is -2.28. The summed E-state index contributed by atoms with van der Waals surface area (Å²) < 4.78 is 6.09. The van der Waals surface area contributed by atoms with E-state index in [0.717, 1.165) is 21.5 Å². The summed E-state index contributed by atoms with van der Waals surface area (Å²) in [6.07, 6.45) is 3.56. The average Bonchev–Trinajstić information content (AvgIpc) is 3.38. The monoisotopic (exact) mass is 391 g/mol. The summed E-state index contributed by atoms with van der Waals surface area (Å²) >= 11 is 1.48. The molecule has 0 aliphatic carbocycles. The van der Waals surface area contributed by atoms with Crippen LogP contribution in [0, 0.1) is 0 Å². The van der Waals surface area contributed by atoms with Crippen molar-refractivity contribution in [3.63, 3.8) is 0 Å². The number of carbonyl (C=O) groups is 2. The molecule has 28 heavy (non-hydrogen) atoms. The maximum absolute atomic E-state index is 12.2. The lowest BCUT2D eigenvalue weighted by molar-refractivity contribution is -0.147. The zero-order valence-corrected chi connectivity index (χ0v) is 15.8. The molecular weight excluding hydrogens is 374 g/mol. The van der Waals surface area contributed by atoms with Gasteiger partial charge in [-0.15, -0.1) is 11.3 Å². The third-order valence-electron chi connectivity index (χ3n) is 4.21. The number of fused-ring (bicyclic) bond motifs is 1. The molecule has 1 aliphatic rings. The Labute approximate surface area is 165 Å². The van der Waals surface area contributed by atoms with Crippen molar-refractivity contribution in [2.75, 3.05) is 13.2 Å². The molecule has 2 aromatic carbocycles. The predicted molar refractivity (Wildman–Crippen MR) is 109 cm³/mol. The molecule has 0 atom stereocenters. The SMILES string of the molecule is O=C(/C=C/c1nc2ccccc2s1)OCC(=O)N1CCC(c2ccccc2)=N1. The number of hydrogen-bond acceptors (Lipinski definition) is 6. The summed E-state index contributed by atoms with van der Waals surface area (Å²) in [6.45, 7) is 0.150. The lowest BCUT2D eigenvalue weighted by atomic mass is 10.1. The second-order valence-electron chi connectivity index (χ2n) is 6.14. The van der Waals surface area contributed by atoms with Gasteiger partial charge in [-0.1, -0.05) is 42.5 Å². The fraction of sp³-hybridized carbons (Fsp3) is 0.143. The van der Waals surface area contributed by atoms with Gasteiger partial charge in [0.2, 0.25) is 0 Å². The van der Waals surface area contributed by atoms with Crippen LogP contribution in [0.3, 0.4) is 0 Å². The molecule has 3 aromatic rings. The standard InChI is InChI=1S/C21H17N3O3S/c25-20(24-13-12-16(23-24)15-6-2-1-3-7-15)14-27-21(26)11-10-19-22-17-8-4-5-9-18(17)28-19/h1-11H,12-14H2/b11-10+. The Morgan fingerprint density at radius 3 is 2.71 bits per heavy atom. The molecule has 0 spiro atoms. The fourth-order valence-electron chi connectivity index (χ4n) is 2.83. The highest BCUT2D eigenvalue weighted by Crippen LogP contribution is 2.22. The maximum atomic E-state index is 12.2. The third kappa shape index (κ3) is 4.15. The van der Waals surface area contributed by atoms with Crippen LogP contribution < -0.4 is 0 Å². The van der Waals surface area contributed by atoms with E-state index in [1.54, 1.807) is 6.08 Å². The summed E-state index contributed by atoms with van der Waals surface area (Å²) in [5.74, 6) is -0.924. The highest BCUT2D eigenvalue weighted by Gasteiger charge is 2.22. The first-order valence-corrected chi connectivity index (χ1v) is 9.64. The minimum atomic E-state index is -0.584. The Morgan fingerprint density at radius 2 is 1.89 bits per heavy atom. The van der Waals surface area contributed by atoms with Gasteiger partial charge in [-0.3, -0.25) is 4.79 Å². The van der Waals surface area contributed by atoms with Gasteiger partial charge in [-0.2, -0.15) is 5.10 Å². The van der Waals surface area contributed by atoms with Gasteiger partial charge in [-0.05, 0) is 23.8 Å². The first-order valence-electron chi connectivity index (χ1n) is 8.83. The van der Waals surface area contributed by atoms with E-state index in [4.69, 9.17) is 4.74 Å². The molecule has 140 valence electrons. The number of carbonyl (C=O) groups excluding carboxylic acids is 2. The van der Waals surface area contributed by atoms with Crippen molar-refractivity contribution in [2.45, 2.75) is 6.42 Å². The third-order valence-corrected chi connectivity index (χ3v) is 5.21. The number of hydrazone groups is 1. The van der Waals surface area contributed by atoms with Crippen molar-refractivity contribution in [1.82, 2.24) is 9.99 Å². The van der Waals surface area contributed by atoms with E-state index in [1.807, 2.05) is 54.6 Å². The topological polar surface area (TPSA) is 71.9 Å². The molecule has 1 aromatic heterocycles. The molecule has 0 unspecified atom stereocenters. The highest BCUT2D eigenvalue weighted by atomic mass is 32.1. The van der Waals surface area contributed by atoms with Crippen LogP contribution in [0.2, 0.25) is 0 Å². The van der Waals surface area contributed by atoms with Crippen LogP contribution >= 0.6 is 11.3 Å². The minimum Gasteiger partial charge on any atom is -0.452 e. The molecule has 0 saturated heterocycles. The largest absolute Gasteiger partial charge is 0.452 e. The normalized spacial score (nSPS) is 13.9. The number of hydrogen-bond donors (Lipinski definition) is 0. The smallest absolute Gasteiger partial charge is 0.331 e. The molecule has 0 N–H and O–H groups in total. The molecule has 0 bridgehead atoms. The highest BCUT2D eigenvalue weighted by molar-refractivity contribution is 7.19. The number of esters is 1. The van der Waals surface area contributed by atoms with Crippen molar-refractivity contribution in [3.8, 4) is 0 Å². The summed E-state index contributed by atoms with van der Waals surface area (Å²) in [4.78, 5) is 28.5. The summed E-state index contributed by atoms with van der Waals surface area (Å²) in [5.41, 5.74) is 2.74. The Balaban J connectivity index is 1.31. The molecule has 7 heteroatoms. The second-order valence-corrected chi connectivity index (χ2v) is 7.20. The van der Waals surface area contributed by atoms with Crippen molar-refractivity contribution in [1.29, 1.82) is 0 Å². The number of aromatic nitrogens is 1. The molecule has 4 rings (SSSR count). The van der Waals surface area contributed by atoms with Crippen LogP contribution in [0.15, 0.2) is 65.8 Å². The molecule has 2 heterocycles. The summed E-state index contributed by atoms with van der Waals surface area (Å²) in [6, 6.07) is 17.5. The Hall–Kier alpha value is -3.32. The fourth-order valence-corrected chi connectivity index (χ4v) is 3.70. The van der Waals surface area contributed by atoms with E-state index in [2.05, 4.69) is 10.1 Å². The summed E-state index contributed by atoms with van der Waals surface area (Å²) in [5, 5.41) is 6.40. The minimum absolute atomic E-state index is 0.339. The van der Waals surface area contributed by atoms with E-state index in [-0.39, 0.29) is 12.5 Å². The van der Waals surface area contributed by atoms with Gasteiger partial charge >= 0.3 is 5.97 Å². The Morgan fingerprint density at radius 1 is 1.11 bits per heavy atom. The van der Waals surface area contributed by atoms with Gasteiger partial charge in [0.05, 0.1) is 22.5 Å². The van der Waals surface area contributed by atoms with E-state index < -0.39 is 5.97 Å². The number of ether oxygens (including phenoxy) is 1. The number of amides is 1. The van der Waals surface area contributed by atoms with E-state index in [0.29, 0.717) is 18.0 Å². The number of thiazole rings is 1. The zero-order valence-electron chi connectivity index (χ0n) is 14.9. The van der Waals surface area contributed by atoms with Crippen molar-refractivity contribution < 1.29 is 14.3 Å². The number of nitrogens with zero attached hydrogens (tertiary/aromatic N) is 3. The number of rotatable bonds is 5. The van der Waals surface area contributed by atoms with Gasteiger partial charge < -0.3 is 4.74 Å². The number of benzene rings is 2. The van der Waals surface area contributed by atoms with Crippen LogP contribution in [0.4, 0.5) is 0 Å². The van der Waals surface area contributed by atoms with E-state index in [1.165, 1.54) is 22.4 Å². The van der Waals surface area contributed by atoms with Crippen LogP contribution in [0.25, 0.3) is 16.3 Å². The van der Waals surface area contributed by atoms with Crippen LogP contribution in [0.5, 0.6) is 0 Å². The molecule has 0 radical (unpaired) electrons. The van der Waals surface area contributed by atoms with Gasteiger partial charge in [0, 0.05) is 12.5 Å². The maximum Gasteiger partial charge on any atom is 0.331 e. The van der Waals surface area contributed by atoms with Gasteiger partial charge in [0.1, 0.15) is 5.01 Å². The molecule has 1 amide bonds. The summed E-state index contributed by atoms with van der Waals surface area (Å²) in [7, 11) is 0. The van der Waals surface area contributed by atoms with Crippen molar-refractivity contribution in [2.24, 2.45) is 5.10 Å². The van der Waals surface area contributed by atoms with Gasteiger partial charge in [0.15, 0.2) is 6.61 Å². The van der Waals surface area contributed by atoms with Crippen LogP contribution in [-0.2, 0) is 14.3 Å². The van der Waals surface area contributed by atoms with Crippen LogP contribution in [-0.4, -0.2) is 40.7 Å². The van der Waals surface area contributed by atoms with Gasteiger partial charge in [0.25, 0.3) is 5.91 Å². The van der Waals surface area contributed by atoms with Gasteiger partial charge in [-0.25, -0.2) is 14.8 Å². The molecule has 6 nitrogen and oxygen atoms in total. The first-order chi connectivity index (χ1) is 13.7. The molecular formula is C21H17N3O3S. The molecule has 1 aliphatic heterocycles. The Bertz CT molecular complexity index is 1040. The molecule has 0 saturated carbocycles. The first kappa shape index (κ1) is 18.1. The lowest BCUT2D eigenvalue weighted by Gasteiger charge is -2.10. The average molecular weight is 391 g/mol. The zero-order chi connectivity index (χ0) is 19.3. The Kier molecular flexibility index (Phi) is 5.25. The second kappa shape index (κ2) is 8.14. The van der Waals surface area contributed by atoms with Crippen molar-refractivity contribution in [3.05, 3.63) is 71.2 Å². The van der Waals surface area contributed by atoms with E-state index in [9.17, 15) is 9.59 Å². The molecule has 0 fully saturated rings. The predicted octanol–water partition coefficient (Wildman–Crippen LogP) is 3.49.